The van der Waals surface area contributed by atoms with Crippen LogP contribution in [0.25, 0.3) is 0 Å². The third-order valence-corrected chi connectivity index (χ3v) is 1.57. The molecule has 3 nitrogen and oxygen atoms in total. The minimum absolute atomic E-state index is 0.224. The lowest BCUT2D eigenvalue weighted by Crippen LogP contribution is -2.10. The van der Waals surface area contributed by atoms with Gasteiger partial charge in [0.05, 0.1) is 19.3 Å². The predicted octanol–water partition coefficient (Wildman–Crippen LogP) is 1.75. The van der Waals surface area contributed by atoms with E-state index in [9.17, 15) is 4.79 Å². The summed E-state index contributed by atoms with van der Waals surface area (Å²) in [6, 6.07) is 0. The van der Waals surface area contributed by atoms with Crippen LogP contribution in [-0.4, -0.2) is 25.3 Å². The quantitative estimate of drug-likeness (QED) is 0.454. The maximum absolute atomic E-state index is 10.3. The van der Waals surface area contributed by atoms with Crippen LogP contribution in [0.1, 0.15) is 33.6 Å². The van der Waals surface area contributed by atoms with Crippen LogP contribution in [0.15, 0.2) is 0 Å². The van der Waals surface area contributed by atoms with E-state index in [1.807, 2.05) is 6.92 Å². The molecule has 0 aliphatic rings. The lowest BCUT2D eigenvalue weighted by atomic mass is 10.3. The molecule has 0 spiro atoms. The maximum Gasteiger partial charge on any atom is 0.302 e. The molecule has 0 saturated heterocycles. The molecule has 0 aromatic carbocycles. The van der Waals surface area contributed by atoms with Gasteiger partial charge >= 0.3 is 5.97 Å². The topological polar surface area (TPSA) is 35.5 Å². The van der Waals surface area contributed by atoms with Gasteiger partial charge in [-0.05, 0) is 13.3 Å². The Balaban J connectivity index is 3.05. The molecule has 0 aliphatic carbocycles. The predicted molar refractivity (Wildman–Crippen MR) is 47.0 cm³/mol. The van der Waals surface area contributed by atoms with Crippen molar-refractivity contribution in [1.29, 1.82) is 0 Å². The highest BCUT2D eigenvalue weighted by molar-refractivity contribution is 5.65. The van der Waals surface area contributed by atoms with E-state index in [2.05, 4.69) is 6.92 Å². The zero-order chi connectivity index (χ0) is 9.40. The highest BCUT2D eigenvalue weighted by Gasteiger charge is 1.97. The first-order valence-electron chi connectivity index (χ1n) is 4.41. The Morgan fingerprint density at radius 1 is 1.42 bits per heavy atom. The van der Waals surface area contributed by atoms with Crippen LogP contribution in [-0.2, 0) is 14.3 Å². The molecule has 1 unspecified atom stereocenters. The van der Waals surface area contributed by atoms with E-state index in [1.54, 1.807) is 0 Å². The highest BCUT2D eigenvalue weighted by atomic mass is 16.5. The first-order chi connectivity index (χ1) is 5.66. The van der Waals surface area contributed by atoms with Crippen LogP contribution in [0.2, 0.25) is 0 Å². The van der Waals surface area contributed by atoms with E-state index in [4.69, 9.17) is 9.47 Å². The molecule has 0 bridgehead atoms. The van der Waals surface area contributed by atoms with Crippen LogP contribution >= 0.6 is 0 Å². The SMILES string of the molecule is CCC(C)OCCCOC(C)=O. The number of hydrogen-bond donors (Lipinski definition) is 0. The standard InChI is InChI=1S/C9H18O3/c1-4-8(2)11-6-5-7-12-9(3)10/h8H,4-7H2,1-3H3. The summed E-state index contributed by atoms with van der Waals surface area (Å²) < 4.78 is 10.1. The van der Waals surface area contributed by atoms with Crippen molar-refractivity contribution >= 4 is 5.97 Å². The van der Waals surface area contributed by atoms with Crippen molar-refractivity contribution in [2.24, 2.45) is 0 Å². The number of ether oxygens (including phenoxy) is 2. The lowest BCUT2D eigenvalue weighted by molar-refractivity contribution is -0.141. The first-order valence-corrected chi connectivity index (χ1v) is 4.41. The minimum Gasteiger partial charge on any atom is -0.466 e. The molecule has 0 radical (unpaired) electrons. The number of hydrogen-bond acceptors (Lipinski definition) is 3. The van der Waals surface area contributed by atoms with Gasteiger partial charge in [0, 0.05) is 13.3 Å². The Morgan fingerprint density at radius 2 is 2.08 bits per heavy atom. The van der Waals surface area contributed by atoms with Crippen molar-refractivity contribution in [3.8, 4) is 0 Å². The molecular weight excluding hydrogens is 156 g/mol. The number of rotatable bonds is 6. The molecule has 1 atom stereocenters. The van der Waals surface area contributed by atoms with Gasteiger partial charge in [-0.3, -0.25) is 4.79 Å². The molecule has 0 heterocycles. The van der Waals surface area contributed by atoms with Crippen LogP contribution in [0.3, 0.4) is 0 Å². The molecular formula is C9H18O3. The van der Waals surface area contributed by atoms with Gasteiger partial charge in [0.1, 0.15) is 0 Å². The van der Waals surface area contributed by atoms with Crippen molar-refractivity contribution in [3.05, 3.63) is 0 Å². The zero-order valence-corrected chi connectivity index (χ0v) is 8.13. The Kier molecular flexibility index (Phi) is 6.76. The first kappa shape index (κ1) is 11.4. The third-order valence-electron chi connectivity index (χ3n) is 1.57. The van der Waals surface area contributed by atoms with E-state index in [-0.39, 0.29) is 5.97 Å². The second kappa shape index (κ2) is 7.10. The Morgan fingerprint density at radius 3 is 2.58 bits per heavy atom. The smallest absolute Gasteiger partial charge is 0.302 e. The van der Waals surface area contributed by atoms with Crippen molar-refractivity contribution in [2.45, 2.75) is 39.7 Å². The second-order valence-electron chi connectivity index (χ2n) is 2.78. The summed E-state index contributed by atoms with van der Waals surface area (Å²) in [5.74, 6) is -0.224. The molecule has 0 rings (SSSR count). The van der Waals surface area contributed by atoms with E-state index in [0.29, 0.717) is 19.3 Å². The third kappa shape index (κ3) is 7.54. The van der Waals surface area contributed by atoms with Gasteiger partial charge in [0.2, 0.25) is 0 Å². The lowest BCUT2D eigenvalue weighted by Gasteiger charge is -2.09. The van der Waals surface area contributed by atoms with Gasteiger partial charge in [-0.1, -0.05) is 6.92 Å². The fourth-order valence-corrected chi connectivity index (χ4v) is 0.677. The average Bonchev–Trinajstić information content (AvgIpc) is 2.03. The molecule has 0 fully saturated rings. The second-order valence-corrected chi connectivity index (χ2v) is 2.78. The van der Waals surface area contributed by atoms with Crippen LogP contribution in [0, 0.1) is 0 Å². The van der Waals surface area contributed by atoms with Crippen LogP contribution in [0.4, 0.5) is 0 Å². The molecule has 12 heavy (non-hydrogen) atoms. The van der Waals surface area contributed by atoms with Gasteiger partial charge < -0.3 is 9.47 Å². The van der Waals surface area contributed by atoms with E-state index >= 15 is 0 Å². The van der Waals surface area contributed by atoms with E-state index < -0.39 is 0 Å². The molecule has 0 amide bonds. The largest absolute Gasteiger partial charge is 0.466 e. The highest BCUT2D eigenvalue weighted by Crippen LogP contribution is 1.96. The molecule has 0 N–H and O–H groups in total. The van der Waals surface area contributed by atoms with Gasteiger partial charge in [0.25, 0.3) is 0 Å². The summed E-state index contributed by atoms with van der Waals surface area (Å²) in [6.45, 7) is 6.66. The molecule has 0 saturated carbocycles. The Hall–Kier alpha value is -0.570. The number of carbonyl (C=O) groups is 1. The Bertz CT molecular complexity index is 123. The summed E-state index contributed by atoms with van der Waals surface area (Å²) in [5, 5.41) is 0. The monoisotopic (exact) mass is 174 g/mol. The van der Waals surface area contributed by atoms with Crippen LogP contribution in [0.5, 0.6) is 0 Å². The van der Waals surface area contributed by atoms with Gasteiger partial charge in [-0.2, -0.15) is 0 Å². The normalized spacial score (nSPS) is 12.6. The summed E-state index contributed by atoms with van der Waals surface area (Å²) in [5.41, 5.74) is 0. The van der Waals surface area contributed by atoms with E-state index in [1.165, 1.54) is 6.92 Å². The molecule has 3 heteroatoms. The number of esters is 1. The fourth-order valence-electron chi connectivity index (χ4n) is 0.677. The summed E-state index contributed by atoms with van der Waals surface area (Å²) in [6.07, 6.45) is 2.11. The van der Waals surface area contributed by atoms with E-state index in [0.717, 1.165) is 12.8 Å². The maximum atomic E-state index is 10.3. The van der Waals surface area contributed by atoms with Crippen LogP contribution < -0.4 is 0 Å². The molecule has 0 aromatic heterocycles. The van der Waals surface area contributed by atoms with Gasteiger partial charge in [0.15, 0.2) is 0 Å². The molecule has 0 aliphatic heterocycles. The summed E-state index contributed by atoms with van der Waals surface area (Å²) >= 11 is 0. The Labute approximate surface area is 74.0 Å². The average molecular weight is 174 g/mol. The number of carbonyl (C=O) groups excluding carboxylic acids is 1. The minimum atomic E-state index is -0.224. The zero-order valence-electron chi connectivity index (χ0n) is 8.13. The van der Waals surface area contributed by atoms with Gasteiger partial charge in [-0.15, -0.1) is 0 Å². The van der Waals surface area contributed by atoms with Crippen molar-refractivity contribution in [2.75, 3.05) is 13.2 Å². The molecule has 0 aromatic rings. The van der Waals surface area contributed by atoms with Gasteiger partial charge in [-0.25, -0.2) is 0 Å². The van der Waals surface area contributed by atoms with Crippen molar-refractivity contribution < 1.29 is 14.3 Å². The molecule has 72 valence electrons. The van der Waals surface area contributed by atoms with Crippen molar-refractivity contribution in [1.82, 2.24) is 0 Å². The summed E-state index contributed by atoms with van der Waals surface area (Å²) in [7, 11) is 0. The summed E-state index contributed by atoms with van der Waals surface area (Å²) in [4.78, 5) is 10.3. The fraction of sp³-hybridized carbons (Fsp3) is 0.889. The van der Waals surface area contributed by atoms with Crippen molar-refractivity contribution in [3.63, 3.8) is 0 Å².